The van der Waals surface area contributed by atoms with E-state index >= 15 is 0 Å². The van der Waals surface area contributed by atoms with Gasteiger partial charge in [-0.3, -0.25) is 15.1 Å². The highest BCUT2D eigenvalue weighted by Gasteiger charge is 2.40. The molecule has 1 fully saturated rings. The van der Waals surface area contributed by atoms with Gasteiger partial charge in [-0.05, 0) is 54.4 Å². The molecule has 6 rings (SSSR count). The van der Waals surface area contributed by atoms with Gasteiger partial charge in [0, 0.05) is 47.6 Å². The highest BCUT2D eigenvalue weighted by atomic mass is 32.2. The maximum Gasteiger partial charge on any atom is 0.324 e. The Hall–Kier alpha value is -5.27. The fourth-order valence-corrected chi connectivity index (χ4v) is 6.77. The van der Waals surface area contributed by atoms with E-state index in [1.807, 2.05) is 93.9 Å². The van der Waals surface area contributed by atoms with Crippen LogP contribution in [0.15, 0.2) is 91.3 Å². The molecular formula is C37H43N7O5S. The first-order valence-electron chi connectivity index (χ1n) is 16.5. The number of pyridine rings is 1. The zero-order valence-corrected chi connectivity index (χ0v) is 29.9. The molecule has 0 bridgehead atoms. The molecule has 0 saturated carbocycles. The lowest BCUT2D eigenvalue weighted by Gasteiger charge is -2.17. The number of aromatic nitrogens is 3. The predicted molar refractivity (Wildman–Crippen MR) is 196 cm³/mol. The lowest BCUT2D eigenvalue weighted by atomic mass is 9.92. The molecular weight excluding hydrogens is 655 g/mol. The molecule has 0 aliphatic carbocycles. The number of amides is 3. The molecule has 262 valence electrons. The topological polar surface area (TPSA) is 148 Å². The molecule has 3 N–H and O–H groups in total. The van der Waals surface area contributed by atoms with Crippen LogP contribution in [0, 0.1) is 0 Å². The van der Waals surface area contributed by atoms with Gasteiger partial charge in [0.05, 0.1) is 23.7 Å². The first-order chi connectivity index (χ1) is 23.9. The standard InChI is InChI=1S/C35H37N7O5S.C2H6/c1-23-33(43)40-48(45,46)41(23)22-25-9-11-26(12-10-25)42-32(21-31(39-42)35(2,3)4)38-34(44)37-29-13-14-30(28-8-6-5-7-27(28)29)47-20-17-24-15-18-36-19-16-24;1-2/h5-16,18-19,21,23H,17,20,22H2,1-4H3,(H,40,43)(H2,37,38,44);1-2H3. The molecule has 50 heavy (non-hydrogen) atoms. The number of hydrogen-bond acceptors (Lipinski definition) is 7. The molecule has 5 aromatic rings. The predicted octanol–water partition coefficient (Wildman–Crippen LogP) is 6.57. The van der Waals surface area contributed by atoms with E-state index in [1.165, 1.54) is 0 Å². The van der Waals surface area contributed by atoms with Crippen LogP contribution in [0.2, 0.25) is 0 Å². The van der Waals surface area contributed by atoms with Gasteiger partial charge < -0.3 is 10.1 Å². The number of rotatable bonds is 9. The van der Waals surface area contributed by atoms with E-state index in [4.69, 9.17) is 9.84 Å². The summed E-state index contributed by atoms with van der Waals surface area (Å²) >= 11 is 0. The molecule has 2 aromatic heterocycles. The van der Waals surface area contributed by atoms with Crippen LogP contribution in [0.25, 0.3) is 16.5 Å². The smallest absolute Gasteiger partial charge is 0.324 e. The Bertz CT molecular complexity index is 2080. The van der Waals surface area contributed by atoms with Crippen molar-refractivity contribution >= 4 is 44.4 Å². The van der Waals surface area contributed by atoms with Crippen molar-refractivity contribution in [2.24, 2.45) is 0 Å². The Morgan fingerprint density at radius 1 is 0.920 bits per heavy atom. The molecule has 1 aliphatic rings. The first-order valence-corrected chi connectivity index (χ1v) is 18.0. The van der Waals surface area contributed by atoms with Crippen molar-refractivity contribution in [3.8, 4) is 11.4 Å². The summed E-state index contributed by atoms with van der Waals surface area (Å²) in [6, 6.07) is 23.1. The lowest BCUT2D eigenvalue weighted by molar-refractivity contribution is -0.121. The van der Waals surface area contributed by atoms with E-state index < -0.39 is 28.2 Å². The van der Waals surface area contributed by atoms with Crippen molar-refractivity contribution < 1.29 is 22.7 Å². The minimum absolute atomic E-state index is 0.0326. The van der Waals surface area contributed by atoms with E-state index in [0.29, 0.717) is 29.4 Å². The fourth-order valence-electron chi connectivity index (χ4n) is 5.39. The molecule has 0 spiro atoms. The summed E-state index contributed by atoms with van der Waals surface area (Å²) in [7, 11) is -3.88. The number of carbonyl (C=O) groups excluding carboxylic acids is 2. The van der Waals surface area contributed by atoms with E-state index in [-0.39, 0.29) is 12.0 Å². The summed E-state index contributed by atoms with van der Waals surface area (Å²) < 4.78 is 35.6. The number of fused-ring (bicyclic) bond motifs is 1. The number of benzene rings is 3. The number of nitrogens with one attached hydrogen (secondary N) is 3. The normalized spacial score (nSPS) is 15.6. The summed E-state index contributed by atoms with van der Waals surface area (Å²) in [4.78, 5) is 29.4. The molecule has 1 saturated heterocycles. The average molecular weight is 698 g/mol. The third-order valence-electron chi connectivity index (χ3n) is 8.12. The molecule has 3 aromatic carbocycles. The minimum Gasteiger partial charge on any atom is -0.493 e. The highest BCUT2D eigenvalue weighted by Crippen LogP contribution is 2.32. The summed E-state index contributed by atoms with van der Waals surface area (Å²) in [5.41, 5.74) is 3.57. The number of hydrogen-bond donors (Lipinski definition) is 3. The third-order valence-corrected chi connectivity index (χ3v) is 9.64. The third kappa shape index (κ3) is 8.12. The Morgan fingerprint density at radius 2 is 1.60 bits per heavy atom. The SMILES string of the molecule is CC.CC1C(=O)NS(=O)(=O)N1Cc1ccc(-n2nc(C(C)(C)C)cc2NC(=O)Nc2ccc(OCCc3ccncc3)c3ccccc23)cc1. The monoisotopic (exact) mass is 697 g/mol. The van der Waals surface area contributed by atoms with Gasteiger partial charge in [-0.15, -0.1) is 0 Å². The van der Waals surface area contributed by atoms with Gasteiger partial charge in [0.15, 0.2) is 0 Å². The summed E-state index contributed by atoms with van der Waals surface area (Å²) in [6.07, 6.45) is 4.27. The first kappa shape index (κ1) is 36.0. The zero-order valence-electron chi connectivity index (χ0n) is 29.1. The van der Waals surface area contributed by atoms with E-state index in [0.717, 1.165) is 38.5 Å². The molecule has 3 heterocycles. The second kappa shape index (κ2) is 15.1. The van der Waals surface area contributed by atoms with Crippen LogP contribution in [0.4, 0.5) is 16.3 Å². The van der Waals surface area contributed by atoms with Gasteiger partial charge in [-0.1, -0.05) is 71.0 Å². The lowest BCUT2D eigenvalue weighted by Crippen LogP contribution is -2.33. The fraction of sp³-hybridized carbons (Fsp3) is 0.297. The average Bonchev–Trinajstić information content (AvgIpc) is 3.61. The van der Waals surface area contributed by atoms with Crippen LogP contribution >= 0.6 is 0 Å². The van der Waals surface area contributed by atoms with E-state index in [1.54, 1.807) is 48.3 Å². The minimum atomic E-state index is -3.88. The van der Waals surface area contributed by atoms with Crippen LogP contribution in [0.5, 0.6) is 5.75 Å². The van der Waals surface area contributed by atoms with Crippen LogP contribution in [-0.2, 0) is 33.4 Å². The Labute approximate surface area is 293 Å². The number of anilines is 2. The summed E-state index contributed by atoms with van der Waals surface area (Å²) in [5.74, 6) is 0.624. The number of ether oxygens (including phenoxy) is 1. The number of carbonyl (C=O) groups is 2. The van der Waals surface area contributed by atoms with Crippen LogP contribution < -0.4 is 20.1 Å². The van der Waals surface area contributed by atoms with Crippen LogP contribution in [0.1, 0.15) is 58.4 Å². The van der Waals surface area contributed by atoms with Crippen LogP contribution in [0.3, 0.4) is 0 Å². The maximum absolute atomic E-state index is 13.5. The molecule has 0 radical (unpaired) electrons. The van der Waals surface area contributed by atoms with Gasteiger partial charge in [0.25, 0.3) is 5.91 Å². The molecule has 1 aliphatic heterocycles. The van der Waals surface area contributed by atoms with E-state index in [2.05, 4.69) is 15.6 Å². The molecule has 13 heteroatoms. The molecule has 1 unspecified atom stereocenters. The van der Waals surface area contributed by atoms with E-state index in [9.17, 15) is 18.0 Å². The quantitative estimate of drug-likeness (QED) is 0.158. The zero-order chi connectivity index (χ0) is 36.1. The van der Waals surface area contributed by atoms with Gasteiger partial charge in [-0.2, -0.15) is 17.8 Å². The van der Waals surface area contributed by atoms with Crippen molar-refractivity contribution in [2.75, 3.05) is 17.2 Å². The van der Waals surface area contributed by atoms with Gasteiger partial charge in [0.1, 0.15) is 17.6 Å². The maximum atomic E-state index is 13.5. The number of urea groups is 1. The van der Waals surface area contributed by atoms with Crippen LogP contribution in [-0.4, -0.2) is 52.1 Å². The summed E-state index contributed by atoms with van der Waals surface area (Å²) in [6.45, 7) is 12.2. The van der Waals surface area contributed by atoms with Crippen molar-refractivity contribution in [3.05, 3.63) is 108 Å². The van der Waals surface area contributed by atoms with Crippen molar-refractivity contribution in [3.63, 3.8) is 0 Å². The van der Waals surface area contributed by atoms with Crippen molar-refractivity contribution in [1.82, 2.24) is 23.8 Å². The molecule has 1 atom stereocenters. The van der Waals surface area contributed by atoms with Gasteiger partial charge in [-0.25, -0.2) is 14.2 Å². The largest absolute Gasteiger partial charge is 0.493 e. The highest BCUT2D eigenvalue weighted by molar-refractivity contribution is 7.88. The Balaban J connectivity index is 0.00000239. The van der Waals surface area contributed by atoms with Crippen molar-refractivity contribution in [2.45, 2.75) is 66.0 Å². The number of nitrogens with zero attached hydrogens (tertiary/aromatic N) is 4. The Morgan fingerprint density at radius 3 is 2.24 bits per heavy atom. The van der Waals surface area contributed by atoms with Crippen molar-refractivity contribution in [1.29, 1.82) is 0 Å². The second-order valence-corrected chi connectivity index (χ2v) is 14.2. The van der Waals surface area contributed by atoms with Gasteiger partial charge in [0.2, 0.25) is 0 Å². The Kier molecular flexibility index (Phi) is 10.9. The molecule has 3 amide bonds. The molecule has 12 nitrogen and oxygen atoms in total. The summed E-state index contributed by atoms with van der Waals surface area (Å²) in [5, 5.41) is 12.4. The second-order valence-electron chi connectivity index (χ2n) is 12.6. The van der Waals surface area contributed by atoms with Gasteiger partial charge >= 0.3 is 16.2 Å².